The maximum absolute atomic E-state index is 13.1. The average molecular weight is 329 g/mol. The van der Waals surface area contributed by atoms with Crippen LogP contribution in [-0.2, 0) is 0 Å². The largest absolute Gasteiger partial charge is 0.336 e. The van der Waals surface area contributed by atoms with Gasteiger partial charge in [0, 0.05) is 9.92 Å². The summed E-state index contributed by atoms with van der Waals surface area (Å²) in [6, 6.07) is 13.7. The van der Waals surface area contributed by atoms with Gasteiger partial charge in [0.1, 0.15) is 0 Å². The SMILES string of the molecule is O=C(NSc1ccccc1)N(c1ccc(Cl)cc1)C(F)F. The van der Waals surface area contributed by atoms with Gasteiger partial charge in [-0.2, -0.15) is 8.78 Å². The lowest BCUT2D eigenvalue weighted by Crippen LogP contribution is -2.40. The highest BCUT2D eigenvalue weighted by Crippen LogP contribution is 2.23. The molecule has 2 aromatic rings. The standard InChI is InChI=1S/C14H11ClF2N2OS/c15-10-6-8-11(9-7-10)19(13(16)17)14(20)18-21-12-4-2-1-3-5-12/h1-9,13H,(H,18,20). The molecular weight excluding hydrogens is 318 g/mol. The molecule has 0 fully saturated rings. The molecule has 0 bridgehead atoms. The van der Waals surface area contributed by atoms with Gasteiger partial charge in [-0.1, -0.05) is 29.8 Å². The van der Waals surface area contributed by atoms with Gasteiger partial charge in [0.25, 0.3) is 0 Å². The summed E-state index contributed by atoms with van der Waals surface area (Å²) in [5, 5.41) is 0.409. The van der Waals surface area contributed by atoms with Gasteiger partial charge in [0.15, 0.2) is 0 Å². The highest BCUT2D eigenvalue weighted by Gasteiger charge is 2.24. The summed E-state index contributed by atoms with van der Waals surface area (Å²) in [5.41, 5.74) is 0.0700. The van der Waals surface area contributed by atoms with Gasteiger partial charge in [0.2, 0.25) is 0 Å². The Hall–Kier alpha value is -1.79. The van der Waals surface area contributed by atoms with Crippen molar-refractivity contribution in [1.29, 1.82) is 0 Å². The quantitative estimate of drug-likeness (QED) is 0.646. The Morgan fingerprint density at radius 2 is 1.71 bits per heavy atom. The van der Waals surface area contributed by atoms with Crippen molar-refractivity contribution >= 4 is 35.3 Å². The molecule has 0 unspecified atom stereocenters. The van der Waals surface area contributed by atoms with Crippen LogP contribution in [0.25, 0.3) is 0 Å². The molecule has 0 spiro atoms. The fraction of sp³-hybridized carbons (Fsp3) is 0.0714. The first-order chi connectivity index (χ1) is 10.1. The van der Waals surface area contributed by atoms with E-state index in [1.54, 1.807) is 24.3 Å². The van der Waals surface area contributed by atoms with Crippen molar-refractivity contribution in [3.8, 4) is 0 Å². The lowest BCUT2D eigenvalue weighted by molar-refractivity contribution is 0.145. The Morgan fingerprint density at radius 3 is 2.29 bits per heavy atom. The smallest absolute Gasteiger partial charge is 0.277 e. The van der Waals surface area contributed by atoms with E-state index in [1.807, 2.05) is 6.07 Å². The summed E-state index contributed by atoms with van der Waals surface area (Å²) in [6.45, 7) is -2.96. The molecule has 3 nitrogen and oxygen atoms in total. The topological polar surface area (TPSA) is 32.3 Å². The van der Waals surface area contributed by atoms with Crippen molar-refractivity contribution in [2.45, 2.75) is 11.4 Å². The molecule has 21 heavy (non-hydrogen) atoms. The second-order valence-electron chi connectivity index (χ2n) is 3.95. The van der Waals surface area contributed by atoms with Gasteiger partial charge >= 0.3 is 12.6 Å². The highest BCUT2D eigenvalue weighted by atomic mass is 35.5. The molecule has 0 radical (unpaired) electrons. The molecule has 1 N–H and O–H groups in total. The molecule has 2 amide bonds. The average Bonchev–Trinajstić information content (AvgIpc) is 2.48. The molecule has 0 saturated heterocycles. The summed E-state index contributed by atoms with van der Waals surface area (Å²) in [7, 11) is 0. The fourth-order valence-electron chi connectivity index (χ4n) is 1.56. The first-order valence-electron chi connectivity index (χ1n) is 5.93. The maximum Gasteiger partial charge on any atom is 0.336 e. The number of carbonyl (C=O) groups excluding carboxylic acids is 1. The van der Waals surface area contributed by atoms with Gasteiger partial charge in [-0.05, 0) is 48.3 Å². The summed E-state index contributed by atoms with van der Waals surface area (Å²) in [4.78, 5) is 13.0. The van der Waals surface area contributed by atoms with Crippen molar-refractivity contribution in [3.63, 3.8) is 0 Å². The monoisotopic (exact) mass is 328 g/mol. The number of halogens is 3. The highest BCUT2D eigenvalue weighted by molar-refractivity contribution is 7.98. The number of amides is 2. The number of nitrogens with zero attached hydrogens (tertiary/aromatic N) is 1. The molecule has 7 heteroatoms. The number of carbonyl (C=O) groups is 1. The van der Waals surface area contributed by atoms with E-state index in [1.165, 1.54) is 24.3 Å². The molecule has 0 aliphatic rings. The second kappa shape index (κ2) is 7.28. The first kappa shape index (κ1) is 15.6. The van der Waals surface area contributed by atoms with Crippen LogP contribution in [-0.4, -0.2) is 12.6 Å². The predicted molar refractivity (Wildman–Crippen MR) is 80.8 cm³/mol. The number of nitrogens with one attached hydrogen (secondary N) is 1. The molecule has 0 heterocycles. The molecule has 0 aliphatic heterocycles. The minimum Gasteiger partial charge on any atom is -0.277 e. The van der Waals surface area contributed by atoms with Crippen LogP contribution in [0.15, 0.2) is 59.5 Å². The van der Waals surface area contributed by atoms with E-state index in [9.17, 15) is 13.6 Å². The lowest BCUT2D eigenvalue weighted by Gasteiger charge is -2.21. The zero-order chi connectivity index (χ0) is 15.2. The third kappa shape index (κ3) is 4.34. The van der Waals surface area contributed by atoms with Crippen LogP contribution < -0.4 is 9.62 Å². The normalized spacial score (nSPS) is 10.5. The van der Waals surface area contributed by atoms with E-state index in [-0.39, 0.29) is 5.69 Å². The van der Waals surface area contributed by atoms with Crippen molar-refractivity contribution in [1.82, 2.24) is 4.72 Å². The van der Waals surface area contributed by atoms with Crippen LogP contribution >= 0.6 is 23.5 Å². The number of benzene rings is 2. The molecule has 0 saturated carbocycles. The minimum atomic E-state index is -2.96. The van der Waals surface area contributed by atoms with Gasteiger partial charge in [-0.25, -0.2) is 9.69 Å². The van der Waals surface area contributed by atoms with Crippen LogP contribution in [0, 0.1) is 0 Å². The van der Waals surface area contributed by atoms with E-state index in [0.29, 0.717) is 9.92 Å². The summed E-state index contributed by atoms with van der Waals surface area (Å²) >= 11 is 6.68. The Labute approximate surface area is 130 Å². The fourth-order valence-corrected chi connectivity index (χ4v) is 2.28. The Balaban J connectivity index is 2.07. The number of anilines is 1. The van der Waals surface area contributed by atoms with Crippen molar-refractivity contribution in [2.24, 2.45) is 0 Å². The van der Waals surface area contributed by atoms with Crippen molar-refractivity contribution < 1.29 is 13.6 Å². The lowest BCUT2D eigenvalue weighted by atomic mass is 10.3. The van der Waals surface area contributed by atoms with Gasteiger partial charge in [0.05, 0.1) is 5.69 Å². The van der Waals surface area contributed by atoms with E-state index in [4.69, 9.17) is 11.6 Å². The predicted octanol–water partition coefficient (Wildman–Crippen LogP) is 4.79. The third-order valence-corrected chi connectivity index (χ3v) is 3.55. The van der Waals surface area contributed by atoms with Crippen LogP contribution in [0.3, 0.4) is 0 Å². The maximum atomic E-state index is 13.1. The number of rotatable bonds is 4. The van der Waals surface area contributed by atoms with Crippen molar-refractivity contribution in [2.75, 3.05) is 4.90 Å². The third-order valence-electron chi connectivity index (χ3n) is 2.52. The molecule has 0 aromatic heterocycles. The zero-order valence-corrected chi connectivity index (χ0v) is 12.2. The van der Waals surface area contributed by atoms with Crippen LogP contribution in [0.5, 0.6) is 0 Å². The Morgan fingerprint density at radius 1 is 1.10 bits per heavy atom. The summed E-state index contributed by atoms with van der Waals surface area (Å²) < 4.78 is 28.6. The molecule has 2 rings (SSSR count). The molecule has 2 aromatic carbocycles. The van der Waals surface area contributed by atoms with E-state index in [2.05, 4.69) is 4.72 Å². The van der Waals surface area contributed by atoms with E-state index >= 15 is 0 Å². The Kier molecular flexibility index (Phi) is 5.41. The van der Waals surface area contributed by atoms with Crippen LogP contribution in [0.4, 0.5) is 19.3 Å². The summed E-state index contributed by atoms with van der Waals surface area (Å²) in [6.07, 6.45) is 0. The Bertz CT molecular complexity index is 596. The number of urea groups is 1. The van der Waals surface area contributed by atoms with Gasteiger partial charge < -0.3 is 0 Å². The number of alkyl halides is 2. The molecule has 0 aliphatic carbocycles. The van der Waals surface area contributed by atoms with Gasteiger partial charge in [-0.3, -0.25) is 4.72 Å². The summed E-state index contributed by atoms with van der Waals surface area (Å²) in [5.74, 6) is 0. The van der Waals surface area contributed by atoms with Crippen molar-refractivity contribution in [3.05, 3.63) is 59.6 Å². The van der Waals surface area contributed by atoms with E-state index in [0.717, 1.165) is 16.8 Å². The molecular formula is C14H11ClF2N2OS. The number of hydrogen-bond donors (Lipinski definition) is 1. The first-order valence-corrected chi connectivity index (χ1v) is 7.12. The van der Waals surface area contributed by atoms with Crippen LogP contribution in [0.2, 0.25) is 5.02 Å². The van der Waals surface area contributed by atoms with Gasteiger partial charge in [-0.15, -0.1) is 0 Å². The van der Waals surface area contributed by atoms with E-state index < -0.39 is 12.6 Å². The second-order valence-corrected chi connectivity index (χ2v) is 5.26. The molecule has 0 atom stereocenters. The number of hydrogen-bond acceptors (Lipinski definition) is 2. The van der Waals surface area contributed by atoms with Crippen LogP contribution in [0.1, 0.15) is 0 Å². The molecule has 110 valence electrons. The minimum absolute atomic E-state index is 0.0700. The zero-order valence-electron chi connectivity index (χ0n) is 10.7.